The number of aryl methyl sites for hydroxylation is 2. The Labute approximate surface area is 129 Å². The van der Waals surface area contributed by atoms with Gasteiger partial charge in [0.1, 0.15) is 5.82 Å². The summed E-state index contributed by atoms with van der Waals surface area (Å²) in [5.74, 6) is -0.274. The summed E-state index contributed by atoms with van der Waals surface area (Å²) in [4.78, 5) is 5.28. The van der Waals surface area contributed by atoms with Gasteiger partial charge in [-0.3, -0.25) is 5.10 Å². The van der Waals surface area contributed by atoms with Crippen LogP contribution in [0.1, 0.15) is 10.7 Å². The van der Waals surface area contributed by atoms with Gasteiger partial charge in [-0.15, -0.1) is 11.3 Å². The molecule has 0 fully saturated rings. The van der Waals surface area contributed by atoms with E-state index >= 15 is 0 Å². The number of halogens is 2. The molecule has 2 aromatic heterocycles. The molecule has 3 rings (SSSR count). The van der Waals surface area contributed by atoms with E-state index in [9.17, 15) is 4.39 Å². The first kappa shape index (κ1) is 14.0. The summed E-state index contributed by atoms with van der Waals surface area (Å²) < 4.78 is 14.3. The van der Waals surface area contributed by atoms with Crippen LogP contribution in [0, 0.1) is 19.7 Å². The number of nitrogens with zero attached hydrogens (tertiary/aromatic N) is 2. The molecule has 0 atom stereocenters. The Hall–Kier alpha value is -1.92. The number of hydrogen-bond donors (Lipinski definition) is 2. The maximum absolute atomic E-state index is 14.3. The first-order valence-electron chi connectivity index (χ1n) is 6.21. The van der Waals surface area contributed by atoms with Crippen molar-refractivity contribution in [3.05, 3.63) is 39.7 Å². The average Bonchev–Trinajstić information content (AvgIpc) is 2.96. The van der Waals surface area contributed by atoms with E-state index in [4.69, 9.17) is 17.3 Å². The largest absolute Gasteiger partial charge is 0.382 e. The predicted octanol–water partition coefficient (Wildman–Crippen LogP) is 4.19. The minimum Gasteiger partial charge on any atom is -0.382 e. The lowest BCUT2D eigenvalue weighted by Crippen LogP contribution is -1.92. The van der Waals surface area contributed by atoms with Crippen LogP contribution in [0.3, 0.4) is 0 Å². The van der Waals surface area contributed by atoms with E-state index in [0.717, 1.165) is 15.6 Å². The van der Waals surface area contributed by atoms with Crippen molar-refractivity contribution in [2.45, 2.75) is 13.8 Å². The number of nitrogens with two attached hydrogens (primary N) is 1. The van der Waals surface area contributed by atoms with Gasteiger partial charge in [-0.1, -0.05) is 23.7 Å². The van der Waals surface area contributed by atoms with Crippen LogP contribution < -0.4 is 5.73 Å². The van der Waals surface area contributed by atoms with Crippen LogP contribution in [0.4, 0.5) is 10.2 Å². The second-order valence-electron chi connectivity index (χ2n) is 4.61. The fourth-order valence-corrected chi connectivity index (χ4v) is 3.35. The van der Waals surface area contributed by atoms with Gasteiger partial charge in [0.25, 0.3) is 0 Å². The molecule has 0 amide bonds. The van der Waals surface area contributed by atoms with Crippen molar-refractivity contribution in [3.8, 4) is 21.7 Å². The number of hydrogen-bond acceptors (Lipinski definition) is 4. The summed E-state index contributed by atoms with van der Waals surface area (Å²) in [6.45, 7) is 3.81. The lowest BCUT2D eigenvalue weighted by Gasteiger charge is -2.06. The van der Waals surface area contributed by atoms with E-state index < -0.39 is 5.82 Å². The van der Waals surface area contributed by atoms with Gasteiger partial charge in [-0.05, 0) is 19.9 Å². The third-order valence-corrected chi connectivity index (χ3v) is 4.53. The molecule has 2 heterocycles. The van der Waals surface area contributed by atoms with Crippen molar-refractivity contribution in [1.29, 1.82) is 0 Å². The molecule has 0 unspecified atom stereocenters. The number of aromatic amines is 1. The molecular weight excluding hydrogens is 311 g/mol. The average molecular weight is 323 g/mol. The molecule has 0 aliphatic heterocycles. The van der Waals surface area contributed by atoms with Gasteiger partial charge in [-0.2, -0.15) is 5.10 Å². The van der Waals surface area contributed by atoms with Crippen LogP contribution in [0.5, 0.6) is 0 Å². The quantitative estimate of drug-likeness (QED) is 0.743. The van der Waals surface area contributed by atoms with Gasteiger partial charge in [0, 0.05) is 5.56 Å². The number of rotatable bonds is 2. The molecule has 7 heteroatoms. The van der Waals surface area contributed by atoms with Crippen molar-refractivity contribution < 1.29 is 4.39 Å². The molecule has 0 spiro atoms. The smallest absolute Gasteiger partial charge is 0.153 e. The number of benzene rings is 1. The molecule has 0 aliphatic rings. The summed E-state index contributed by atoms with van der Waals surface area (Å²) in [5.41, 5.74) is 8.28. The van der Waals surface area contributed by atoms with Gasteiger partial charge in [0.05, 0.1) is 31.9 Å². The predicted molar refractivity (Wildman–Crippen MR) is 84.0 cm³/mol. The van der Waals surface area contributed by atoms with Crippen molar-refractivity contribution in [3.63, 3.8) is 0 Å². The highest BCUT2D eigenvalue weighted by Crippen LogP contribution is 2.40. The molecule has 0 aliphatic carbocycles. The standard InChI is InChI=1S/C14H12ClFN4S/c1-6-13(21-7(2)18-6)12-10(14(17)20-19-12)8-4-3-5-9(15)11(8)16/h3-5H,1-2H3,(H3,17,19,20). The monoisotopic (exact) mass is 322 g/mol. The maximum Gasteiger partial charge on any atom is 0.153 e. The van der Waals surface area contributed by atoms with Crippen LogP contribution in [0.15, 0.2) is 18.2 Å². The first-order valence-corrected chi connectivity index (χ1v) is 7.41. The Kier molecular flexibility index (Phi) is 3.43. The molecule has 3 N–H and O–H groups in total. The Morgan fingerprint density at radius 1 is 1.33 bits per heavy atom. The minimum atomic E-state index is -0.507. The molecule has 4 nitrogen and oxygen atoms in total. The maximum atomic E-state index is 14.3. The zero-order chi connectivity index (χ0) is 15.1. The number of thiazole rings is 1. The van der Waals surface area contributed by atoms with Gasteiger partial charge in [0.2, 0.25) is 0 Å². The van der Waals surface area contributed by atoms with Crippen LogP contribution in [-0.2, 0) is 0 Å². The summed E-state index contributed by atoms with van der Waals surface area (Å²) in [6.07, 6.45) is 0. The molecule has 1 aromatic carbocycles. The summed E-state index contributed by atoms with van der Waals surface area (Å²) in [7, 11) is 0. The SMILES string of the molecule is Cc1nc(C)c(-c2[nH]nc(N)c2-c2cccc(Cl)c2F)s1. The highest BCUT2D eigenvalue weighted by atomic mass is 35.5. The van der Waals surface area contributed by atoms with Crippen molar-refractivity contribution in [1.82, 2.24) is 15.2 Å². The van der Waals surface area contributed by atoms with E-state index in [1.54, 1.807) is 12.1 Å². The minimum absolute atomic E-state index is 0.0521. The molecular formula is C14H12ClFN4S. The Morgan fingerprint density at radius 2 is 2.10 bits per heavy atom. The summed E-state index contributed by atoms with van der Waals surface area (Å²) in [5, 5.41) is 7.86. The third-order valence-electron chi connectivity index (χ3n) is 3.15. The van der Waals surface area contributed by atoms with Gasteiger partial charge in [-0.25, -0.2) is 9.37 Å². The molecule has 108 valence electrons. The lowest BCUT2D eigenvalue weighted by molar-refractivity contribution is 0.632. The van der Waals surface area contributed by atoms with Crippen LogP contribution >= 0.6 is 22.9 Å². The fraction of sp³-hybridized carbons (Fsp3) is 0.143. The van der Waals surface area contributed by atoms with Crippen molar-refractivity contribution in [2.75, 3.05) is 5.73 Å². The number of nitrogen functional groups attached to an aromatic ring is 1. The number of aromatic nitrogens is 3. The first-order chi connectivity index (χ1) is 9.99. The number of nitrogens with one attached hydrogen (secondary N) is 1. The summed E-state index contributed by atoms with van der Waals surface area (Å²) >= 11 is 7.37. The zero-order valence-corrected chi connectivity index (χ0v) is 12.9. The van der Waals surface area contributed by atoms with E-state index in [1.807, 2.05) is 13.8 Å². The van der Waals surface area contributed by atoms with E-state index in [2.05, 4.69) is 15.2 Å². The summed E-state index contributed by atoms with van der Waals surface area (Å²) in [6, 6.07) is 4.81. The molecule has 0 saturated heterocycles. The highest BCUT2D eigenvalue weighted by Gasteiger charge is 2.21. The highest BCUT2D eigenvalue weighted by molar-refractivity contribution is 7.15. The van der Waals surface area contributed by atoms with E-state index in [-0.39, 0.29) is 10.8 Å². The van der Waals surface area contributed by atoms with Crippen LogP contribution in [0.25, 0.3) is 21.7 Å². The lowest BCUT2D eigenvalue weighted by atomic mass is 10.0. The van der Waals surface area contributed by atoms with Crippen molar-refractivity contribution >= 4 is 28.8 Å². The normalized spacial score (nSPS) is 11.0. The third kappa shape index (κ3) is 2.30. The van der Waals surface area contributed by atoms with Crippen LogP contribution in [-0.4, -0.2) is 15.2 Å². The van der Waals surface area contributed by atoms with Gasteiger partial charge >= 0.3 is 0 Å². The van der Waals surface area contributed by atoms with E-state index in [1.165, 1.54) is 17.4 Å². The molecule has 21 heavy (non-hydrogen) atoms. The van der Waals surface area contributed by atoms with Gasteiger partial charge < -0.3 is 5.73 Å². The molecule has 0 bridgehead atoms. The molecule has 3 aromatic rings. The topological polar surface area (TPSA) is 67.6 Å². The van der Waals surface area contributed by atoms with E-state index in [0.29, 0.717) is 16.8 Å². The Bertz CT molecular complexity index is 824. The van der Waals surface area contributed by atoms with Gasteiger partial charge in [0.15, 0.2) is 5.82 Å². The Balaban J connectivity index is 2.27. The zero-order valence-electron chi connectivity index (χ0n) is 11.4. The fourth-order valence-electron chi connectivity index (χ4n) is 2.25. The number of H-pyrrole nitrogens is 1. The Morgan fingerprint density at radius 3 is 2.76 bits per heavy atom. The van der Waals surface area contributed by atoms with Crippen LogP contribution in [0.2, 0.25) is 5.02 Å². The number of anilines is 1. The molecule has 0 saturated carbocycles. The second-order valence-corrected chi connectivity index (χ2v) is 6.22. The second kappa shape index (κ2) is 5.13. The molecule has 0 radical (unpaired) electrons. The van der Waals surface area contributed by atoms with Crippen molar-refractivity contribution in [2.24, 2.45) is 0 Å².